The summed E-state index contributed by atoms with van der Waals surface area (Å²) in [5.74, 6) is 7.70. The number of aromatic amines is 1. The van der Waals surface area contributed by atoms with Crippen LogP contribution in [0.15, 0.2) is 24.8 Å². The summed E-state index contributed by atoms with van der Waals surface area (Å²) in [4.78, 5) is 11.4. The van der Waals surface area contributed by atoms with Gasteiger partial charge in [0.05, 0.1) is 6.54 Å². The van der Waals surface area contributed by atoms with Crippen molar-refractivity contribution in [2.45, 2.75) is 19.9 Å². The number of hydrogen-bond donors (Lipinski definition) is 1. The standard InChI is InChI=1S/C11H12N4/c1-2-3-4-8-15-9-7-14-11(15)10-12-5-6-13-10/h5-7,9H,2,8H2,1H3,(H,12,13). The maximum Gasteiger partial charge on any atom is 0.177 e. The van der Waals surface area contributed by atoms with Gasteiger partial charge in [0.1, 0.15) is 0 Å². The van der Waals surface area contributed by atoms with Gasteiger partial charge in [0.25, 0.3) is 0 Å². The Balaban J connectivity index is 2.23. The molecule has 0 bridgehead atoms. The molecule has 0 unspecified atom stereocenters. The fourth-order valence-electron chi connectivity index (χ4n) is 1.31. The first-order valence-corrected chi connectivity index (χ1v) is 4.88. The van der Waals surface area contributed by atoms with Gasteiger partial charge in [0.15, 0.2) is 11.6 Å². The number of H-pyrrole nitrogens is 1. The lowest BCUT2D eigenvalue weighted by atomic mass is 10.4. The van der Waals surface area contributed by atoms with Gasteiger partial charge in [0.2, 0.25) is 0 Å². The lowest BCUT2D eigenvalue weighted by Crippen LogP contribution is -1.98. The molecule has 4 heteroatoms. The van der Waals surface area contributed by atoms with Crippen molar-refractivity contribution in [1.29, 1.82) is 0 Å². The number of rotatable bonds is 2. The van der Waals surface area contributed by atoms with Crippen LogP contribution < -0.4 is 0 Å². The molecule has 0 aliphatic carbocycles. The molecule has 0 aliphatic rings. The van der Waals surface area contributed by atoms with Crippen LogP contribution in [0.4, 0.5) is 0 Å². The minimum Gasteiger partial charge on any atom is -0.342 e. The first-order chi connectivity index (χ1) is 7.42. The average molecular weight is 200 g/mol. The molecular formula is C11H12N4. The lowest BCUT2D eigenvalue weighted by molar-refractivity contribution is 0.841. The van der Waals surface area contributed by atoms with Crippen LogP contribution in [0.5, 0.6) is 0 Å². The summed E-state index contributed by atoms with van der Waals surface area (Å²) < 4.78 is 1.97. The Hall–Kier alpha value is -2.02. The van der Waals surface area contributed by atoms with Crippen LogP contribution in [-0.4, -0.2) is 19.5 Å². The molecule has 0 fully saturated rings. The zero-order valence-electron chi connectivity index (χ0n) is 8.57. The quantitative estimate of drug-likeness (QED) is 0.750. The van der Waals surface area contributed by atoms with Crippen molar-refractivity contribution in [1.82, 2.24) is 19.5 Å². The SMILES string of the molecule is CCC#CCn1ccnc1-c1ncc[nH]1. The second-order valence-electron chi connectivity index (χ2n) is 3.02. The van der Waals surface area contributed by atoms with Crippen LogP contribution in [0, 0.1) is 11.8 Å². The third-order valence-electron chi connectivity index (χ3n) is 1.98. The predicted molar refractivity (Wildman–Crippen MR) is 57.9 cm³/mol. The summed E-state index contributed by atoms with van der Waals surface area (Å²) in [5, 5.41) is 0. The van der Waals surface area contributed by atoms with Gasteiger partial charge in [-0.3, -0.25) is 0 Å². The Labute approximate surface area is 88.4 Å². The molecule has 0 amide bonds. The summed E-state index contributed by atoms with van der Waals surface area (Å²) in [6.45, 7) is 2.69. The zero-order chi connectivity index (χ0) is 10.5. The molecule has 0 atom stereocenters. The summed E-state index contributed by atoms with van der Waals surface area (Å²) in [6, 6.07) is 0. The van der Waals surface area contributed by atoms with Gasteiger partial charge in [-0.15, -0.1) is 5.92 Å². The molecule has 15 heavy (non-hydrogen) atoms. The monoisotopic (exact) mass is 200 g/mol. The molecule has 2 aromatic rings. The molecule has 4 nitrogen and oxygen atoms in total. The van der Waals surface area contributed by atoms with Gasteiger partial charge in [-0.2, -0.15) is 0 Å². The van der Waals surface area contributed by atoms with E-state index < -0.39 is 0 Å². The molecule has 0 aromatic carbocycles. The van der Waals surface area contributed by atoms with E-state index in [9.17, 15) is 0 Å². The van der Waals surface area contributed by atoms with Crippen molar-refractivity contribution in [3.05, 3.63) is 24.8 Å². The van der Waals surface area contributed by atoms with Crippen LogP contribution in [0.2, 0.25) is 0 Å². The number of nitrogens with zero attached hydrogens (tertiary/aromatic N) is 3. The average Bonchev–Trinajstić information content (AvgIpc) is 2.87. The van der Waals surface area contributed by atoms with Crippen LogP contribution in [-0.2, 0) is 6.54 Å². The second kappa shape index (κ2) is 4.47. The maximum atomic E-state index is 4.24. The third kappa shape index (κ3) is 2.08. The number of nitrogens with one attached hydrogen (secondary N) is 1. The van der Waals surface area contributed by atoms with Crippen LogP contribution in [0.25, 0.3) is 11.6 Å². The highest BCUT2D eigenvalue weighted by molar-refractivity contribution is 5.43. The molecule has 2 rings (SSSR count). The molecule has 0 saturated carbocycles. The summed E-state index contributed by atoms with van der Waals surface area (Å²) in [5.41, 5.74) is 0. The van der Waals surface area contributed by atoms with Crippen molar-refractivity contribution in [2.24, 2.45) is 0 Å². The van der Waals surface area contributed by atoms with E-state index in [-0.39, 0.29) is 0 Å². The van der Waals surface area contributed by atoms with Gasteiger partial charge in [-0.05, 0) is 0 Å². The van der Waals surface area contributed by atoms with E-state index in [1.807, 2.05) is 17.7 Å². The Bertz CT molecular complexity index is 470. The predicted octanol–water partition coefficient (Wildman–Crippen LogP) is 1.69. The Morgan fingerprint density at radius 2 is 2.27 bits per heavy atom. The minimum absolute atomic E-state index is 0.657. The number of aromatic nitrogens is 4. The van der Waals surface area contributed by atoms with Crippen molar-refractivity contribution in [2.75, 3.05) is 0 Å². The van der Waals surface area contributed by atoms with E-state index in [0.29, 0.717) is 6.54 Å². The van der Waals surface area contributed by atoms with Crippen molar-refractivity contribution < 1.29 is 0 Å². The minimum atomic E-state index is 0.657. The van der Waals surface area contributed by atoms with Crippen molar-refractivity contribution in [3.63, 3.8) is 0 Å². The number of imidazole rings is 2. The van der Waals surface area contributed by atoms with Gasteiger partial charge in [0, 0.05) is 31.2 Å². The Morgan fingerprint density at radius 3 is 3.00 bits per heavy atom. The van der Waals surface area contributed by atoms with E-state index in [2.05, 4.69) is 26.8 Å². The molecule has 76 valence electrons. The molecule has 0 saturated heterocycles. The highest BCUT2D eigenvalue weighted by Gasteiger charge is 2.05. The van der Waals surface area contributed by atoms with E-state index >= 15 is 0 Å². The molecule has 0 spiro atoms. The first kappa shape index (κ1) is 9.53. The fraction of sp³-hybridized carbons (Fsp3) is 0.273. The topological polar surface area (TPSA) is 46.5 Å². The normalized spacial score (nSPS) is 9.67. The van der Waals surface area contributed by atoms with E-state index in [1.54, 1.807) is 18.6 Å². The molecule has 0 aliphatic heterocycles. The highest BCUT2D eigenvalue weighted by atomic mass is 15.1. The zero-order valence-corrected chi connectivity index (χ0v) is 8.57. The molecule has 1 N–H and O–H groups in total. The van der Waals surface area contributed by atoms with Gasteiger partial charge < -0.3 is 9.55 Å². The molecular weight excluding hydrogens is 188 g/mol. The highest BCUT2D eigenvalue weighted by Crippen LogP contribution is 2.10. The Morgan fingerprint density at radius 1 is 1.33 bits per heavy atom. The third-order valence-corrected chi connectivity index (χ3v) is 1.98. The van der Waals surface area contributed by atoms with Crippen LogP contribution in [0.1, 0.15) is 13.3 Å². The van der Waals surface area contributed by atoms with Crippen LogP contribution >= 0.6 is 0 Å². The van der Waals surface area contributed by atoms with Crippen molar-refractivity contribution in [3.8, 4) is 23.5 Å². The van der Waals surface area contributed by atoms with E-state index in [0.717, 1.165) is 18.1 Å². The van der Waals surface area contributed by atoms with Crippen LogP contribution in [0.3, 0.4) is 0 Å². The molecule has 0 radical (unpaired) electrons. The number of hydrogen-bond acceptors (Lipinski definition) is 2. The fourth-order valence-corrected chi connectivity index (χ4v) is 1.31. The summed E-state index contributed by atoms with van der Waals surface area (Å²) in [6.07, 6.45) is 8.04. The maximum absolute atomic E-state index is 4.24. The second-order valence-corrected chi connectivity index (χ2v) is 3.02. The summed E-state index contributed by atoms with van der Waals surface area (Å²) >= 11 is 0. The molecule has 2 heterocycles. The van der Waals surface area contributed by atoms with E-state index in [4.69, 9.17) is 0 Å². The summed E-state index contributed by atoms with van der Waals surface area (Å²) in [7, 11) is 0. The van der Waals surface area contributed by atoms with Crippen molar-refractivity contribution >= 4 is 0 Å². The smallest absolute Gasteiger partial charge is 0.177 e. The first-order valence-electron chi connectivity index (χ1n) is 4.88. The van der Waals surface area contributed by atoms with Gasteiger partial charge in [-0.25, -0.2) is 9.97 Å². The largest absolute Gasteiger partial charge is 0.342 e. The Kier molecular flexibility index (Phi) is 2.84. The lowest BCUT2D eigenvalue weighted by Gasteiger charge is -1.99. The van der Waals surface area contributed by atoms with Gasteiger partial charge in [-0.1, -0.05) is 12.8 Å². The van der Waals surface area contributed by atoms with E-state index in [1.165, 1.54) is 0 Å². The molecule has 2 aromatic heterocycles. The van der Waals surface area contributed by atoms with Gasteiger partial charge >= 0.3 is 0 Å².